The summed E-state index contributed by atoms with van der Waals surface area (Å²) in [5, 5.41) is 0. The van der Waals surface area contributed by atoms with Gasteiger partial charge >= 0.3 is 17.9 Å². The maximum Gasteiger partial charge on any atom is 0.306 e. The highest BCUT2D eigenvalue weighted by molar-refractivity contribution is 5.71. The van der Waals surface area contributed by atoms with Crippen molar-refractivity contribution < 1.29 is 28.6 Å². The number of carbonyl (C=O) groups excluding carboxylic acids is 3. The normalized spacial score (nSPS) is 12.8. The van der Waals surface area contributed by atoms with Crippen LogP contribution in [0.5, 0.6) is 0 Å². The number of ether oxygens (including phenoxy) is 3. The zero-order chi connectivity index (χ0) is 48.6. The van der Waals surface area contributed by atoms with Crippen LogP contribution in [0.25, 0.3) is 0 Å². The minimum atomic E-state index is -0.806. The molecule has 0 aliphatic heterocycles. The standard InChI is InChI=1S/C61H102O6/c1-4-7-10-13-16-19-22-25-28-30-33-36-39-42-45-48-51-54-60(63)66-57-58(56-65-59(62)53-50-47-44-41-38-35-32-27-24-21-18-15-12-9-6-3)67-61(64)55-52-49-46-43-40-37-34-31-29-26-23-20-17-14-11-8-5-2/h16-21,25-29,32-34,36-37,58H,4-15,22-24,30-31,35,38-57H2,1-3H3/b19-16-,20-17-,21-18-,28-25-,29-26-,32-27-,36-33-,37-34-/t58-/m0/s1. The Morgan fingerprint density at radius 2 is 0.537 bits per heavy atom. The fourth-order valence-electron chi connectivity index (χ4n) is 7.31. The van der Waals surface area contributed by atoms with Gasteiger partial charge in [0, 0.05) is 19.3 Å². The first kappa shape index (κ1) is 63.3. The first-order valence-corrected chi connectivity index (χ1v) is 27.7. The Labute approximate surface area is 413 Å². The molecule has 0 heterocycles. The van der Waals surface area contributed by atoms with E-state index in [2.05, 4.69) is 118 Å². The Kier molecular flexibility index (Phi) is 51.9. The summed E-state index contributed by atoms with van der Waals surface area (Å²) in [4.78, 5) is 38.1. The van der Waals surface area contributed by atoms with Crippen LogP contribution in [0.3, 0.4) is 0 Å². The second-order valence-corrected chi connectivity index (χ2v) is 18.1. The monoisotopic (exact) mass is 931 g/mol. The van der Waals surface area contributed by atoms with Crippen LogP contribution in [0.2, 0.25) is 0 Å². The summed E-state index contributed by atoms with van der Waals surface area (Å²) in [7, 11) is 0. The van der Waals surface area contributed by atoms with Crippen molar-refractivity contribution in [1.82, 2.24) is 0 Å². The van der Waals surface area contributed by atoms with Crippen molar-refractivity contribution in [1.29, 1.82) is 0 Å². The summed E-state index contributed by atoms with van der Waals surface area (Å²) in [5.74, 6) is -0.959. The molecule has 67 heavy (non-hydrogen) atoms. The number of allylic oxidation sites excluding steroid dienone is 16. The van der Waals surface area contributed by atoms with E-state index in [0.717, 1.165) is 135 Å². The fourth-order valence-corrected chi connectivity index (χ4v) is 7.31. The summed E-state index contributed by atoms with van der Waals surface area (Å²) in [6.45, 7) is 6.51. The van der Waals surface area contributed by atoms with Crippen molar-refractivity contribution in [2.45, 2.75) is 258 Å². The third-order valence-electron chi connectivity index (χ3n) is 11.5. The van der Waals surface area contributed by atoms with Crippen LogP contribution in [0.4, 0.5) is 0 Å². The molecule has 0 unspecified atom stereocenters. The number of hydrogen-bond donors (Lipinski definition) is 0. The van der Waals surface area contributed by atoms with Gasteiger partial charge in [0.15, 0.2) is 6.10 Å². The van der Waals surface area contributed by atoms with E-state index in [1.807, 2.05) is 0 Å². The van der Waals surface area contributed by atoms with Crippen LogP contribution in [0, 0.1) is 0 Å². The summed E-state index contributed by atoms with van der Waals surface area (Å²) >= 11 is 0. The van der Waals surface area contributed by atoms with Gasteiger partial charge in [-0.2, -0.15) is 0 Å². The van der Waals surface area contributed by atoms with Crippen LogP contribution in [0.15, 0.2) is 97.2 Å². The summed E-state index contributed by atoms with van der Waals surface area (Å²) < 4.78 is 16.8. The van der Waals surface area contributed by atoms with Crippen LogP contribution in [-0.4, -0.2) is 37.2 Å². The zero-order valence-electron chi connectivity index (χ0n) is 43.6. The molecule has 0 rings (SSSR count). The molecule has 0 saturated carbocycles. The van der Waals surface area contributed by atoms with E-state index >= 15 is 0 Å². The minimum Gasteiger partial charge on any atom is -0.462 e. The van der Waals surface area contributed by atoms with E-state index in [1.54, 1.807) is 0 Å². The highest BCUT2D eigenvalue weighted by atomic mass is 16.6. The molecule has 0 aromatic rings. The van der Waals surface area contributed by atoms with Crippen LogP contribution in [-0.2, 0) is 28.6 Å². The molecule has 0 aliphatic carbocycles. The third kappa shape index (κ3) is 53.2. The van der Waals surface area contributed by atoms with Gasteiger partial charge in [-0.15, -0.1) is 0 Å². The van der Waals surface area contributed by atoms with Gasteiger partial charge in [-0.3, -0.25) is 14.4 Å². The second-order valence-electron chi connectivity index (χ2n) is 18.1. The number of rotatable bonds is 49. The highest BCUT2D eigenvalue weighted by Crippen LogP contribution is 2.13. The smallest absolute Gasteiger partial charge is 0.306 e. The van der Waals surface area contributed by atoms with Crippen LogP contribution < -0.4 is 0 Å². The molecule has 0 aliphatic rings. The Morgan fingerprint density at radius 3 is 0.836 bits per heavy atom. The molecule has 0 spiro atoms. The van der Waals surface area contributed by atoms with Gasteiger partial charge in [0.05, 0.1) is 0 Å². The van der Waals surface area contributed by atoms with Gasteiger partial charge in [0.2, 0.25) is 0 Å². The molecule has 382 valence electrons. The van der Waals surface area contributed by atoms with E-state index in [-0.39, 0.29) is 31.1 Å². The van der Waals surface area contributed by atoms with Crippen molar-refractivity contribution in [3.8, 4) is 0 Å². The quantitative estimate of drug-likeness (QED) is 0.0262. The highest BCUT2D eigenvalue weighted by Gasteiger charge is 2.19. The van der Waals surface area contributed by atoms with Crippen molar-refractivity contribution in [2.24, 2.45) is 0 Å². The summed E-state index contributed by atoms with van der Waals surface area (Å²) in [5.41, 5.74) is 0. The number of carbonyl (C=O) groups is 3. The van der Waals surface area contributed by atoms with Gasteiger partial charge in [0.25, 0.3) is 0 Å². The van der Waals surface area contributed by atoms with Gasteiger partial charge in [-0.1, -0.05) is 201 Å². The molecule has 0 amide bonds. The summed E-state index contributed by atoms with van der Waals surface area (Å²) in [6.07, 6.45) is 72.4. The molecule has 0 bridgehead atoms. The first-order chi connectivity index (χ1) is 33.0. The average molecular weight is 931 g/mol. The van der Waals surface area contributed by atoms with E-state index in [9.17, 15) is 14.4 Å². The molecule has 6 nitrogen and oxygen atoms in total. The SMILES string of the molecule is CCCCC/C=C\C/C=C\C/C=C\CCCCCCC(=O)OC[C@H](COC(=O)CCCCCCC/C=C\C/C=C\CCCCC)OC(=O)CCCCCC/C=C\C/C=C\C/C=C\CCCCC. The maximum absolute atomic E-state index is 12.8. The third-order valence-corrected chi connectivity index (χ3v) is 11.5. The van der Waals surface area contributed by atoms with E-state index in [1.165, 1.54) is 77.0 Å². The number of unbranched alkanes of at least 4 members (excludes halogenated alkanes) is 22. The number of hydrogen-bond acceptors (Lipinski definition) is 6. The van der Waals surface area contributed by atoms with Crippen LogP contribution in [0.1, 0.15) is 252 Å². The largest absolute Gasteiger partial charge is 0.462 e. The lowest BCUT2D eigenvalue weighted by Gasteiger charge is -2.18. The Bertz CT molecular complexity index is 1350. The minimum absolute atomic E-state index is 0.102. The van der Waals surface area contributed by atoms with Gasteiger partial charge in [-0.25, -0.2) is 0 Å². The molecule has 0 radical (unpaired) electrons. The van der Waals surface area contributed by atoms with Crippen molar-refractivity contribution in [2.75, 3.05) is 13.2 Å². The molecule has 0 fully saturated rings. The zero-order valence-corrected chi connectivity index (χ0v) is 43.6. The first-order valence-electron chi connectivity index (χ1n) is 27.7. The molecule has 0 aromatic carbocycles. The lowest BCUT2D eigenvalue weighted by Crippen LogP contribution is -2.30. The molecule has 0 aromatic heterocycles. The van der Waals surface area contributed by atoms with Gasteiger partial charge in [-0.05, 0) is 128 Å². The molecule has 6 heteroatoms. The Balaban J connectivity index is 4.51. The van der Waals surface area contributed by atoms with Crippen molar-refractivity contribution >= 4 is 17.9 Å². The van der Waals surface area contributed by atoms with Gasteiger partial charge in [0.1, 0.15) is 13.2 Å². The Hall–Kier alpha value is -3.67. The predicted octanol–water partition coefficient (Wildman–Crippen LogP) is 18.5. The maximum atomic E-state index is 12.8. The number of esters is 3. The Morgan fingerprint density at radius 1 is 0.299 bits per heavy atom. The lowest BCUT2D eigenvalue weighted by atomic mass is 10.1. The molecule has 1 atom stereocenters. The molecule has 0 saturated heterocycles. The van der Waals surface area contributed by atoms with Gasteiger partial charge < -0.3 is 14.2 Å². The second kappa shape index (κ2) is 54.9. The van der Waals surface area contributed by atoms with Crippen LogP contribution >= 0.6 is 0 Å². The fraction of sp³-hybridized carbons (Fsp3) is 0.689. The van der Waals surface area contributed by atoms with Crippen molar-refractivity contribution in [3.63, 3.8) is 0 Å². The summed E-state index contributed by atoms with van der Waals surface area (Å²) in [6, 6.07) is 0. The average Bonchev–Trinajstić information content (AvgIpc) is 3.33. The van der Waals surface area contributed by atoms with E-state index < -0.39 is 6.10 Å². The predicted molar refractivity (Wildman–Crippen MR) is 288 cm³/mol. The van der Waals surface area contributed by atoms with E-state index in [4.69, 9.17) is 14.2 Å². The lowest BCUT2D eigenvalue weighted by molar-refractivity contribution is -0.167. The topological polar surface area (TPSA) is 78.9 Å². The molecular weight excluding hydrogens is 829 g/mol. The van der Waals surface area contributed by atoms with E-state index in [0.29, 0.717) is 19.3 Å². The molecular formula is C61H102O6. The molecule has 0 N–H and O–H groups in total. The van der Waals surface area contributed by atoms with Crippen molar-refractivity contribution in [3.05, 3.63) is 97.2 Å².